The lowest BCUT2D eigenvalue weighted by Gasteiger charge is -2.02. The largest absolute Gasteiger partial charge is 0.460 e. The summed E-state index contributed by atoms with van der Waals surface area (Å²) in [6.07, 6.45) is 8.60. The third kappa shape index (κ3) is 4.04. The van der Waals surface area contributed by atoms with Crippen molar-refractivity contribution >= 4 is 28.5 Å². The maximum atomic E-state index is 12.1. The van der Waals surface area contributed by atoms with E-state index >= 15 is 0 Å². The summed E-state index contributed by atoms with van der Waals surface area (Å²) in [6, 6.07) is 11.6. The summed E-state index contributed by atoms with van der Waals surface area (Å²) in [5, 5.41) is 5.16. The molecular formula is C20H16N4O2S. The minimum absolute atomic E-state index is 0.231. The van der Waals surface area contributed by atoms with E-state index in [-0.39, 0.29) is 5.91 Å². The lowest BCUT2D eigenvalue weighted by Crippen LogP contribution is -2.07. The molecule has 3 heterocycles. The third-order valence-corrected chi connectivity index (χ3v) is 4.61. The van der Waals surface area contributed by atoms with E-state index in [1.807, 2.05) is 59.5 Å². The summed E-state index contributed by atoms with van der Waals surface area (Å²) in [7, 11) is 0. The van der Waals surface area contributed by atoms with Crippen molar-refractivity contribution in [2.45, 2.75) is 6.92 Å². The van der Waals surface area contributed by atoms with Gasteiger partial charge in [-0.15, -0.1) is 11.3 Å². The molecule has 0 spiro atoms. The predicted molar refractivity (Wildman–Crippen MR) is 106 cm³/mol. The van der Waals surface area contributed by atoms with Gasteiger partial charge in [0.2, 0.25) is 5.91 Å². The van der Waals surface area contributed by atoms with Crippen LogP contribution in [0.25, 0.3) is 23.2 Å². The van der Waals surface area contributed by atoms with Gasteiger partial charge in [0.15, 0.2) is 10.9 Å². The number of carbonyl (C=O) groups is 1. The van der Waals surface area contributed by atoms with Gasteiger partial charge in [-0.1, -0.05) is 12.1 Å². The van der Waals surface area contributed by atoms with Crippen LogP contribution in [0.3, 0.4) is 0 Å². The standard InChI is InChI=1S/C20H16N4O2S/c1-14-2-8-18(26-14)17-12-27-20(22-17)23-19(25)9-5-15-3-6-16(7-4-15)24-11-10-21-13-24/h2-13H,1H3,(H,22,23,25)/b9-5+. The number of carbonyl (C=O) groups excluding carboxylic acids is 1. The number of hydrogen-bond acceptors (Lipinski definition) is 5. The number of anilines is 1. The molecule has 1 N–H and O–H groups in total. The molecule has 4 rings (SSSR count). The van der Waals surface area contributed by atoms with Gasteiger partial charge in [0, 0.05) is 29.5 Å². The molecule has 0 saturated carbocycles. The van der Waals surface area contributed by atoms with Crippen LogP contribution in [-0.2, 0) is 4.79 Å². The van der Waals surface area contributed by atoms with E-state index in [1.54, 1.807) is 18.6 Å². The van der Waals surface area contributed by atoms with E-state index in [1.165, 1.54) is 17.4 Å². The third-order valence-electron chi connectivity index (χ3n) is 3.85. The highest BCUT2D eigenvalue weighted by atomic mass is 32.1. The first-order chi connectivity index (χ1) is 13.2. The number of furan rings is 1. The first-order valence-electron chi connectivity index (χ1n) is 8.27. The van der Waals surface area contributed by atoms with Gasteiger partial charge < -0.3 is 8.98 Å². The average Bonchev–Trinajstić information content (AvgIpc) is 3.42. The van der Waals surface area contributed by atoms with E-state index in [2.05, 4.69) is 15.3 Å². The van der Waals surface area contributed by atoms with Gasteiger partial charge in [-0.3, -0.25) is 10.1 Å². The molecule has 1 amide bonds. The molecule has 0 fully saturated rings. The molecule has 6 nitrogen and oxygen atoms in total. The number of aromatic nitrogens is 3. The molecule has 3 aromatic heterocycles. The number of rotatable bonds is 5. The Kier molecular flexibility index (Phi) is 4.67. The summed E-state index contributed by atoms with van der Waals surface area (Å²) < 4.78 is 7.46. The summed E-state index contributed by atoms with van der Waals surface area (Å²) in [6.45, 7) is 1.88. The Bertz CT molecular complexity index is 1080. The average molecular weight is 376 g/mol. The Morgan fingerprint density at radius 1 is 1.22 bits per heavy atom. The Hall–Kier alpha value is -3.45. The molecule has 0 aliphatic rings. The highest BCUT2D eigenvalue weighted by molar-refractivity contribution is 7.14. The van der Waals surface area contributed by atoms with Crippen molar-refractivity contribution in [3.8, 4) is 17.1 Å². The fraction of sp³-hybridized carbons (Fsp3) is 0.0500. The van der Waals surface area contributed by atoms with E-state index < -0.39 is 0 Å². The second kappa shape index (κ2) is 7.43. The Labute approximate surface area is 159 Å². The molecule has 0 unspecified atom stereocenters. The first kappa shape index (κ1) is 17.0. The van der Waals surface area contributed by atoms with Gasteiger partial charge in [0.05, 0.1) is 6.33 Å². The molecule has 0 radical (unpaired) electrons. The van der Waals surface area contributed by atoms with Gasteiger partial charge in [0.1, 0.15) is 11.5 Å². The monoisotopic (exact) mass is 376 g/mol. The highest BCUT2D eigenvalue weighted by Crippen LogP contribution is 2.26. The molecular weight excluding hydrogens is 360 g/mol. The first-order valence-corrected chi connectivity index (χ1v) is 9.15. The van der Waals surface area contributed by atoms with Crippen LogP contribution < -0.4 is 5.32 Å². The number of benzene rings is 1. The number of nitrogens with zero attached hydrogens (tertiary/aromatic N) is 3. The number of nitrogens with one attached hydrogen (secondary N) is 1. The van der Waals surface area contributed by atoms with Crippen LogP contribution in [0.1, 0.15) is 11.3 Å². The Morgan fingerprint density at radius 2 is 2.07 bits per heavy atom. The maximum Gasteiger partial charge on any atom is 0.250 e. The predicted octanol–water partition coefficient (Wildman–Crippen LogP) is 4.55. The Balaban J connectivity index is 1.38. The van der Waals surface area contributed by atoms with E-state index in [9.17, 15) is 4.79 Å². The van der Waals surface area contributed by atoms with Crippen LogP contribution in [0.15, 0.2) is 71.0 Å². The van der Waals surface area contributed by atoms with E-state index in [0.29, 0.717) is 16.6 Å². The molecule has 0 saturated heterocycles. The lowest BCUT2D eigenvalue weighted by atomic mass is 10.2. The topological polar surface area (TPSA) is 73.0 Å². The van der Waals surface area contributed by atoms with Crippen LogP contribution in [-0.4, -0.2) is 20.4 Å². The van der Waals surface area contributed by atoms with Crippen molar-refractivity contribution in [2.75, 3.05) is 5.32 Å². The van der Waals surface area contributed by atoms with E-state index in [4.69, 9.17) is 4.42 Å². The van der Waals surface area contributed by atoms with Gasteiger partial charge >= 0.3 is 0 Å². The summed E-state index contributed by atoms with van der Waals surface area (Å²) >= 11 is 1.36. The van der Waals surface area contributed by atoms with E-state index in [0.717, 1.165) is 17.0 Å². The van der Waals surface area contributed by atoms with Crippen LogP contribution in [0, 0.1) is 6.92 Å². The van der Waals surface area contributed by atoms with Gasteiger partial charge in [0.25, 0.3) is 0 Å². The molecule has 1 aromatic carbocycles. The van der Waals surface area contributed by atoms with Crippen LogP contribution >= 0.6 is 11.3 Å². The zero-order valence-electron chi connectivity index (χ0n) is 14.5. The Morgan fingerprint density at radius 3 is 2.78 bits per heavy atom. The summed E-state index contributed by atoms with van der Waals surface area (Å²) in [5.74, 6) is 1.29. The molecule has 0 atom stereocenters. The van der Waals surface area contributed by atoms with Crippen molar-refractivity contribution in [3.63, 3.8) is 0 Å². The summed E-state index contributed by atoms with van der Waals surface area (Å²) in [5.41, 5.74) is 2.65. The van der Waals surface area contributed by atoms with Crippen molar-refractivity contribution in [2.24, 2.45) is 0 Å². The maximum absolute atomic E-state index is 12.1. The van der Waals surface area contributed by atoms with Crippen LogP contribution in [0.4, 0.5) is 5.13 Å². The molecule has 27 heavy (non-hydrogen) atoms. The number of aryl methyl sites for hydroxylation is 1. The number of thiazole rings is 1. The highest BCUT2D eigenvalue weighted by Gasteiger charge is 2.09. The van der Waals surface area contributed by atoms with Gasteiger partial charge in [-0.25, -0.2) is 9.97 Å². The molecule has 134 valence electrons. The van der Waals surface area contributed by atoms with Crippen LogP contribution in [0.5, 0.6) is 0 Å². The minimum Gasteiger partial charge on any atom is -0.460 e. The van der Waals surface area contributed by atoms with Crippen molar-refractivity contribution < 1.29 is 9.21 Å². The molecule has 7 heteroatoms. The quantitative estimate of drug-likeness (QED) is 0.519. The smallest absolute Gasteiger partial charge is 0.250 e. The second-order valence-corrected chi connectivity index (χ2v) is 6.69. The van der Waals surface area contributed by atoms with Gasteiger partial charge in [-0.05, 0) is 42.8 Å². The molecule has 0 aliphatic heterocycles. The van der Waals surface area contributed by atoms with Crippen molar-refractivity contribution in [1.82, 2.24) is 14.5 Å². The number of amides is 1. The lowest BCUT2D eigenvalue weighted by molar-refractivity contribution is -0.111. The minimum atomic E-state index is -0.231. The molecule has 0 aliphatic carbocycles. The van der Waals surface area contributed by atoms with Gasteiger partial charge in [-0.2, -0.15) is 0 Å². The molecule has 4 aromatic rings. The zero-order chi connectivity index (χ0) is 18.6. The van der Waals surface area contributed by atoms with Crippen LogP contribution in [0.2, 0.25) is 0 Å². The zero-order valence-corrected chi connectivity index (χ0v) is 15.3. The second-order valence-electron chi connectivity index (χ2n) is 5.83. The van der Waals surface area contributed by atoms with Crippen molar-refractivity contribution in [1.29, 1.82) is 0 Å². The fourth-order valence-corrected chi connectivity index (χ4v) is 3.21. The number of imidazole rings is 1. The molecule has 0 bridgehead atoms. The van der Waals surface area contributed by atoms with Crippen molar-refractivity contribution in [3.05, 3.63) is 77.9 Å². The SMILES string of the molecule is Cc1ccc(-c2csc(NC(=O)/C=C/c3ccc(-n4ccnc4)cc3)n2)o1. The summed E-state index contributed by atoms with van der Waals surface area (Å²) in [4.78, 5) is 20.5. The fourth-order valence-electron chi connectivity index (χ4n) is 2.50. The number of hydrogen-bond donors (Lipinski definition) is 1. The normalized spacial score (nSPS) is 11.1.